The molecule has 0 aliphatic rings. The van der Waals surface area contributed by atoms with Crippen LogP contribution < -0.4 is 10.6 Å². The van der Waals surface area contributed by atoms with Crippen molar-refractivity contribution in [2.24, 2.45) is 5.92 Å². The number of carbonyl (C=O) groups is 1. The van der Waals surface area contributed by atoms with Crippen molar-refractivity contribution >= 4 is 27.9 Å². The lowest BCUT2D eigenvalue weighted by molar-refractivity contribution is 0.255. The van der Waals surface area contributed by atoms with Crippen molar-refractivity contribution in [1.82, 2.24) is 15.3 Å². The van der Waals surface area contributed by atoms with Crippen LogP contribution in [0.25, 0.3) is 0 Å². The second-order valence-electron chi connectivity index (χ2n) is 3.87. The fraction of sp³-hybridized carbons (Fsp3) is 0.364. The van der Waals surface area contributed by atoms with Crippen LogP contribution in [0.5, 0.6) is 0 Å². The first-order chi connectivity index (χ1) is 7.99. The molecule has 17 heavy (non-hydrogen) atoms. The molecule has 5 nitrogen and oxygen atoms in total. The lowest BCUT2D eigenvalue weighted by atomic mass is 10.1. The lowest BCUT2D eigenvalue weighted by Crippen LogP contribution is -2.25. The first-order valence-corrected chi connectivity index (χ1v) is 6.00. The number of aromatic nitrogens is 2. The van der Waals surface area contributed by atoms with Crippen LogP contribution in [-0.2, 0) is 0 Å². The molecular weight excluding hydrogens is 284 g/mol. The summed E-state index contributed by atoms with van der Waals surface area (Å²) in [6, 6.07) is -0.354. The first-order valence-electron chi connectivity index (χ1n) is 5.20. The van der Waals surface area contributed by atoms with Crippen LogP contribution in [0.4, 0.5) is 10.7 Å². The van der Waals surface area contributed by atoms with E-state index in [2.05, 4.69) is 50.4 Å². The topological polar surface area (TPSA) is 66.9 Å². The van der Waals surface area contributed by atoms with Gasteiger partial charge in [0, 0.05) is 18.6 Å². The average molecular weight is 299 g/mol. The minimum absolute atomic E-state index is 0.265. The molecule has 0 atom stereocenters. The van der Waals surface area contributed by atoms with Crippen molar-refractivity contribution in [2.45, 2.75) is 20.8 Å². The molecule has 0 unspecified atom stereocenters. The van der Waals surface area contributed by atoms with Gasteiger partial charge in [0.15, 0.2) is 0 Å². The van der Waals surface area contributed by atoms with Crippen LogP contribution in [0.15, 0.2) is 28.6 Å². The minimum atomic E-state index is -0.354. The number of hydrogen-bond donors (Lipinski definition) is 2. The molecule has 0 bridgehead atoms. The maximum Gasteiger partial charge on any atom is 0.325 e. The van der Waals surface area contributed by atoms with Gasteiger partial charge in [0.1, 0.15) is 0 Å². The summed E-state index contributed by atoms with van der Waals surface area (Å²) >= 11 is 3.21. The predicted molar refractivity (Wildman–Crippen MR) is 70.5 cm³/mol. The molecule has 1 aromatic heterocycles. The maximum atomic E-state index is 11.5. The smallest absolute Gasteiger partial charge is 0.314 e. The highest BCUT2D eigenvalue weighted by Gasteiger charge is 2.02. The number of rotatable bonds is 3. The number of allylic oxidation sites excluding steroid dienone is 1. The number of carbonyl (C=O) groups excluding carboxylic acids is 1. The molecule has 0 aliphatic carbocycles. The van der Waals surface area contributed by atoms with Gasteiger partial charge in [-0.1, -0.05) is 19.4 Å². The summed E-state index contributed by atoms with van der Waals surface area (Å²) in [7, 11) is 0. The molecule has 0 spiro atoms. The van der Waals surface area contributed by atoms with Gasteiger partial charge in [-0.05, 0) is 28.8 Å². The number of urea groups is 1. The standard InChI is InChI=1S/C11H15BrN4O/c1-7(2)8(3)4-15-11(17)16-10-13-5-9(12)6-14-10/h4-7H,1-3H3,(H2,13,14,15,16,17)/b8-4+. The third kappa shape index (κ3) is 4.95. The van der Waals surface area contributed by atoms with E-state index in [1.807, 2.05) is 6.92 Å². The molecule has 0 aliphatic heterocycles. The van der Waals surface area contributed by atoms with E-state index in [0.717, 1.165) is 10.0 Å². The van der Waals surface area contributed by atoms with Crippen LogP contribution in [0.3, 0.4) is 0 Å². The number of halogens is 1. The van der Waals surface area contributed by atoms with E-state index in [1.165, 1.54) is 0 Å². The Kier molecular flexibility index (Phi) is 5.09. The predicted octanol–water partition coefficient (Wildman–Crippen LogP) is 2.92. The zero-order chi connectivity index (χ0) is 12.8. The maximum absolute atomic E-state index is 11.5. The summed E-state index contributed by atoms with van der Waals surface area (Å²) in [5.41, 5.74) is 1.09. The molecule has 0 radical (unpaired) electrons. The van der Waals surface area contributed by atoms with Gasteiger partial charge >= 0.3 is 6.03 Å². The molecule has 1 heterocycles. The SMILES string of the molecule is C/C(=C\NC(=O)Nc1ncc(Br)cn1)C(C)C. The molecule has 1 rings (SSSR count). The molecular formula is C11H15BrN4O. The highest BCUT2D eigenvalue weighted by Crippen LogP contribution is 2.07. The van der Waals surface area contributed by atoms with E-state index in [1.54, 1.807) is 18.6 Å². The Bertz CT molecular complexity index is 414. The Morgan fingerprint density at radius 1 is 1.41 bits per heavy atom. The van der Waals surface area contributed by atoms with Crippen molar-refractivity contribution in [3.63, 3.8) is 0 Å². The van der Waals surface area contributed by atoms with Gasteiger partial charge in [0.25, 0.3) is 0 Å². The Morgan fingerprint density at radius 3 is 2.53 bits per heavy atom. The molecule has 1 aromatic rings. The van der Waals surface area contributed by atoms with Gasteiger partial charge in [-0.3, -0.25) is 5.32 Å². The van der Waals surface area contributed by atoms with Crippen LogP contribution in [0.2, 0.25) is 0 Å². The number of amides is 2. The van der Waals surface area contributed by atoms with Crippen molar-refractivity contribution in [3.8, 4) is 0 Å². The normalized spacial score (nSPS) is 11.5. The van der Waals surface area contributed by atoms with Crippen molar-refractivity contribution in [1.29, 1.82) is 0 Å². The highest BCUT2D eigenvalue weighted by atomic mass is 79.9. The molecule has 0 fully saturated rings. The Labute approximate surface area is 109 Å². The lowest BCUT2D eigenvalue weighted by Gasteiger charge is -2.06. The zero-order valence-electron chi connectivity index (χ0n) is 9.99. The second kappa shape index (κ2) is 6.34. The van der Waals surface area contributed by atoms with Gasteiger partial charge in [-0.2, -0.15) is 0 Å². The fourth-order valence-corrected chi connectivity index (χ4v) is 1.07. The first kappa shape index (κ1) is 13.6. The van der Waals surface area contributed by atoms with E-state index in [-0.39, 0.29) is 12.0 Å². The number of hydrogen-bond acceptors (Lipinski definition) is 3. The summed E-state index contributed by atoms with van der Waals surface area (Å²) in [5.74, 6) is 0.667. The number of nitrogens with zero attached hydrogens (tertiary/aromatic N) is 2. The monoisotopic (exact) mass is 298 g/mol. The molecule has 0 saturated carbocycles. The van der Waals surface area contributed by atoms with E-state index in [9.17, 15) is 4.79 Å². The molecule has 2 amide bonds. The van der Waals surface area contributed by atoms with E-state index in [4.69, 9.17) is 0 Å². The Morgan fingerprint density at radius 2 is 2.00 bits per heavy atom. The molecule has 6 heteroatoms. The van der Waals surface area contributed by atoms with Crippen LogP contribution in [0, 0.1) is 5.92 Å². The number of nitrogens with one attached hydrogen (secondary N) is 2. The third-order valence-corrected chi connectivity index (χ3v) is 2.60. The molecule has 92 valence electrons. The second-order valence-corrected chi connectivity index (χ2v) is 4.78. The fourth-order valence-electron chi connectivity index (χ4n) is 0.861. The molecule has 2 N–H and O–H groups in total. The van der Waals surface area contributed by atoms with Crippen LogP contribution in [0.1, 0.15) is 20.8 Å². The highest BCUT2D eigenvalue weighted by molar-refractivity contribution is 9.10. The zero-order valence-corrected chi connectivity index (χ0v) is 11.6. The quantitative estimate of drug-likeness (QED) is 0.901. The van der Waals surface area contributed by atoms with Gasteiger partial charge < -0.3 is 5.32 Å². The van der Waals surface area contributed by atoms with Crippen LogP contribution in [-0.4, -0.2) is 16.0 Å². The van der Waals surface area contributed by atoms with E-state index >= 15 is 0 Å². The van der Waals surface area contributed by atoms with Gasteiger partial charge in [-0.15, -0.1) is 0 Å². The molecule has 0 saturated heterocycles. The van der Waals surface area contributed by atoms with Gasteiger partial charge in [0.2, 0.25) is 5.95 Å². The van der Waals surface area contributed by atoms with Crippen LogP contribution >= 0.6 is 15.9 Å². The summed E-state index contributed by atoms with van der Waals surface area (Å²) in [4.78, 5) is 19.3. The summed E-state index contributed by atoms with van der Waals surface area (Å²) in [5, 5.41) is 5.15. The minimum Gasteiger partial charge on any atom is -0.314 e. The summed E-state index contributed by atoms with van der Waals surface area (Å²) in [6.45, 7) is 6.08. The van der Waals surface area contributed by atoms with E-state index < -0.39 is 0 Å². The summed E-state index contributed by atoms with van der Waals surface area (Å²) < 4.78 is 0.763. The largest absolute Gasteiger partial charge is 0.325 e. The third-order valence-electron chi connectivity index (χ3n) is 2.19. The molecule has 0 aromatic carbocycles. The van der Waals surface area contributed by atoms with Gasteiger partial charge in [-0.25, -0.2) is 14.8 Å². The number of anilines is 1. The van der Waals surface area contributed by atoms with Crippen molar-refractivity contribution in [2.75, 3.05) is 5.32 Å². The Hall–Kier alpha value is -1.43. The Balaban J connectivity index is 2.50. The van der Waals surface area contributed by atoms with Crippen molar-refractivity contribution in [3.05, 3.63) is 28.6 Å². The average Bonchev–Trinajstić information content (AvgIpc) is 2.29. The summed E-state index contributed by atoms with van der Waals surface area (Å²) in [6.07, 6.45) is 4.81. The van der Waals surface area contributed by atoms with E-state index in [0.29, 0.717) is 5.92 Å². The van der Waals surface area contributed by atoms with Gasteiger partial charge in [0.05, 0.1) is 4.47 Å². The van der Waals surface area contributed by atoms with Crippen molar-refractivity contribution < 1.29 is 4.79 Å².